The van der Waals surface area contributed by atoms with E-state index < -0.39 is 39.5 Å². The fourth-order valence-corrected chi connectivity index (χ4v) is 4.75. The Bertz CT molecular complexity index is 1380. The van der Waals surface area contributed by atoms with Crippen LogP contribution >= 0.6 is 0 Å². The molecule has 3 heterocycles. The lowest BCUT2D eigenvalue weighted by atomic mass is 9.88. The molecule has 1 aromatic carbocycles. The Morgan fingerprint density at radius 1 is 1.24 bits per heavy atom. The normalized spacial score (nSPS) is 17.2. The molecule has 180 valence electrons. The summed E-state index contributed by atoms with van der Waals surface area (Å²) in [5, 5.41) is 4.12. The molecule has 1 aliphatic heterocycles. The summed E-state index contributed by atoms with van der Waals surface area (Å²) in [7, 11) is -4.25. The predicted molar refractivity (Wildman–Crippen MR) is 120 cm³/mol. The highest BCUT2D eigenvalue weighted by Gasteiger charge is 2.29. The van der Waals surface area contributed by atoms with Gasteiger partial charge in [0.25, 0.3) is 10.0 Å². The van der Waals surface area contributed by atoms with Gasteiger partial charge in [-0.3, -0.25) is 9.48 Å². The zero-order valence-corrected chi connectivity index (χ0v) is 19.9. The number of ether oxygens (including phenoxy) is 1. The van der Waals surface area contributed by atoms with Gasteiger partial charge in [0.15, 0.2) is 11.6 Å². The molecule has 0 unspecified atom stereocenters. The lowest BCUT2D eigenvalue weighted by Gasteiger charge is -2.25. The first-order chi connectivity index (χ1) is 15.9. The average Bonchev–Trinajstić information content (AvgIpc) is 3.26. The third-order valence-electron chi connectivity index (χ3n) is 5.66. The van der Waals surface area contributed by atoms with Crippen molar-refractivity contribution in [3.8, 4) is 17.0 Å². The van der Waals surface area contributed by atoms with Crippen LogP contribution in [-0.2, 0) is 26.8 Å². The van der Waals surface area contributed by atoms with E-state index in [9.17, 15) is 17.6 Å². The number of hydrogen-bond donors (Lipinski definition) is 1. The zero-order chi connectivity index (χ0) is 24.8. The largest absolute Gasteiger partial charge is 0.475 e. The highest BCUT2D eigenvalue weighted by Crippen LogP contribution is 2.36. The Morgan fingerprint density at radius 3 is 2.68 bits per heavy atom. The van der Waals surface area contributed by atoms with Crippen LogP contribution in [0.25, 0.3) is 11.1 Å². The summed E-state index contributed by atoms with van der Waals surface area (Å²) in [6.45, 7) is 7.14. The number of sulfonamides is 1. The van der Waals surface area contributed by atoms with E-state index in [2.05, 4.69) is 10.1 Å². The maximum atomic E-state index is 15.2. The molecule has 4 bridgehead atoms. The number of hydrogen-bond acceptors (Lipinski definition) is 6. The topological polar surface area (TPSA) is 103 Å². The molecule has 0 radical (unpaired) electrons. The minimum absolute atomic E-state index is 0.0483. The summed E-state index contributed by atoms with van der Waals surface area (Å²) in [6, 6.07) is 3.99. The number of rotatable bonds is 1. The molecule has 0 spiro atoms. The van der Waals surface area contributed by atoms with Gasteiger partial charge in [0.05, 0.1) is 18.2 Å². The fourth-order valence-electron chi connectivity index (χ4n) is 3.83. The Labute approximate surface area is 196 Å². The van der Waals surface area contributed by atoms with Gasteiger partial charge in [-0.15, -0.1) is 0 Å². The number of halogens is 2. The first-order valence-corrected chi connectivity index (χ1v) is 12.1. The molecular weight excluding hydrogens is 466 g/mol. The maximum Gasteiger partial charge on any atom is 0.267 e. The molecule has 4 rings (SSSR count). The third kappa shape index (κ3) is 4.39. The Hall–Kier alpha value is -3.34. The van der Waals surface area contributed by atoms with Crippen LogP contribution in [-0.4, -0.2) is 35.7 Å². The van der Waals surface area contributed by atoms with Crippen molar-refractivity contribution in [1.82, 2.24) is 19.5 Å². The van der Waals surface area contributed by atoms with E-state index in [0.717, 1.165) is 12.3 Å². The summed E-state index contributed by atoms with van der Waals surface area (Å²) in [5.41, 5.74) is -0.106. The molecule has 0 aliphatic carbocycles. The third-order valence-corrected chi connectivity index (χ3v) is 6.98. The molecule has 2 aromatic heterocycles. The van der Waals surface area contributed by atoms with Gasteiger partial charge >= 0.3 is 0 Å². The van der Waals surface area contributed by atoms with Gasteiger partial charge in [-0.2, -0.15) is 5.10 Å². The molecule has 11 heteroatoms. The molecule has 3 aromatic rings. The van der Waals surface area contributed by atoms with Gasteiger partial charge in [0.1, 0.15) is 11.5 Å². The van der Waals surface area contributed by atoms with Crippen molar-refractivity contribution in [3.05, 3.63) is 59.6 Å². The summed E-state index contributed by atoms with van der Waals surface area (Å²) >= 11 is 0. The maximum absolute atomic E-state index is 15.2. The van der Waals surface area contributed by atoms with Crippen molar-refractivity contribution >= 4 is 15.9 Å². The minimum atomic E-state index is -4.25. The van der Waals surface area contributed by atoms with Crippen LogP contribution in [0.3, 0.4) is 0 Å². The van der Waals surface area contributed by atoms with E-state index in [0.29, 0.717) is 5.56 Å². The van der Waals surface area contributed by atoms with Crippen molar-refractivity contribution in [3.63, 3.8) is 0 Å². The van der Waals surface area contributed by atoms with Gasteiger partial charge in [-0.1, -0.05) is 13.8 Å². The van der Waals surface area contributed by atoms with Crippen LogP contribution in [0.1, 0.15) is 44.7 Å². The number of aromatic nitrogens is 3. The van der Waals surface area contributed by atoms with Gasteiger partial charge in [-0.05, 0) is 48.6 Å². The molecule has 1 aliphatic rings. The van der Waals surface area contributed by atoms with E-state index in [-0.39, 0.29) is 40.0 Å². The number of carbonyl (C=O) groups excluding carboxylic acids is 1. The number of pyridine rings is 1. The van der Waals surface area contributed by atoms with Gasteiger partial charge in [0.2, 0.25) is 11.8 Å². The zero-order valence-electron chi connectivity index (χ0n) is 19.1. The molecule has 0 fully saturated rings. The molecule has 0 saturated heterocycles. The van der Waals surface area contributed by atoms with Crippen LogP contribution in [0.5, 0.6) is 5.88 Å². The average molecular weight is 491 g/mol. The standard InChI is InChI=1S/C23H24F2N4O4S/c1-13(2)16-8-18(24)22(25)21-14-5-6-26-20(7-14)33-12-23(3,4)29-11-15(10-27-29)34(31,32)28-19(30)9-17(16)21/h5-8,10-11,13H,9,12H2,1-4H3,(H,28,30). The highest BCUT2D eigenvalue weighted by molar-refractivity contribution is 7.90. The van der Waals surface area contributed by atoms with Crippen molar-refractivity contribution in [1.29, 1.82) is 0 Å². The van der Waals surface area contributed by atoms with Gasteiger partial charge in [-0.25, -0.2) is 26.9 Å². The van der Waals surface area contributed by atoms with Crippen LogP contribution in [0, 0.1) is 11.6 Å². The van der Waals surface area contributed by atoms with Crippen molar-refractivity contribution in [2.75, 3.05) is 6.61 Å². The summed E-state index contributed by atoms with van der Waals surface area (Å²) in [6.07, 6.45) is 3.34. The van der Waals surface area contributed by atoms with Crippen LogP contribution < -0.4 is 9.46 Å². The van der Waals surface area contributed by atoms with Gasteiger partial charge < -0.3 is 4.74 Å². The highest BCUT2D eigenvalue weighted by atomic mass is 32.2. The van der Waals surface area contributed by atoms with Crippen LogP contribution in [0.4, 0.5) is 8.78 Å². The number of carbonyl (C=O) groups is 1. The molecule has 1 amide bonds. The molecule has 8 nitrogen and oxygen atoms in total. The summed E-state index contributed by atoms with van der Waals surface area (Å²) in [4.78, 5) is 16.8. The lowest BCUT2D eigenvalue weighted by Crippen LogP contribution is -2.34. The summed E-state index contributed by atoms with van der Waals surface area (Å²) in [5.74, 6) is -3.21. The van der Waals surface area contributed by atoms with Crippen molar-refractivity contribution in [2.45, 2.75) is 50.5 Å². The number of benzene rings is 1. The fraction of sp³-hybridized carbons (Fsp3) is 0.348. The second-order valence-electron chi connectivity index (χ2n) is 9.08. The van der Waals surface area contributed by atoms with Gasteiger partial charge in [0, 0.05) is 24.0 Å². The van der Waals surface area contributed by atoms with Crippen LogP contribution in [0.15, 0.2) is 41.7 Å². The monoisotopic (exact) mass is 490 g/mol. The predicted octanol–water partition coefficient (Wildman–Crippen LogP) is 3.52. The van der Waals surface area contributed by atoms with E-state index in [4.69, 9.17) is 4.74 Å². The van der Waals surface area contributed by atoms with E-state index in [1.807, 2.05) is 4.72 Å². The number of nitrogens with one attached hydrogen (secondary N) is 1. The first kappa shape index (κ1) is 23.8. The number of amides is 1. The van der Waals surface area contributed by atoms with E-state index in [1.54, 1.807) is 27.7 Å². The Balaban J connectivity index is 1.95. The Kier molecular flexibility index (Phi) is 5.92. The van der Waals surface area contributed by atoms with Crippen molar-refractivity contribution in [2.24, 2.45) is 0 Å². The lowest BCUT2D eigenvalue weighted by molar-refractivity contribution is -0.118. The van der Waals surface area contributed by atoms with Crippen molar-refractivity contribution < 1.29 is 26.7 Å². The first-order valence-electron chi connectivity index (χ1n) is 10.6. The molecule has 34 heavy (non-hydrogen) atoms. The molecule has 1 N–H and O–H groups in total. The SMILES string of the molecule is CC(C)c1cc(F)c(F)c2c1CC(=O)NS(=O)(=O)c1cnn(c1)C(C)(C)COc1cc-2ccn1. The van der Waals surface area contributed by atoms with E-state index >= 15 is 4.39 Å². The van der Waals surface area contributed by atoms with E-state index in [1.165, 1.54) is 29.2 Å². The van der Waals surface area contributed by atoms with Crippen LogP contribution in [0.2, 0.25) is 0 Å². The smallest absolute Gasteiger partial charge is 0.267 e. The molecule has 0 saturated carbocycles. The quantitative estimate of drug-likeness (QED) is 0.560. The second-order valence-corrected chi connectivity index (χ2v) is 10.8. The number of nitrogens with zero attached hydrogens (tertiary/aromatic N) is 3. The Morgan fingerprint density at radius 2 is 1.97 bits per heavy atom. The summed E-state index contributed by atoms with van der Waals surface area (Å²) < 4.78 is 64.7. The molecular formula is C23H24F2N4O4S. The number of fused-ring (bicyclic) bond motifs is 6. The second kappa shape index (κ2) is 8.46. The molecule has 0 atom stereocenters. The minimum Gasteiger partial charge on any atom is -0.475 e.